The molecule has 1 aromatic rings. The van der Waals surface area contributed by atoms with Crippen molar-refractivity contribution in [1.82, 2.24) is 0 Å². The summed E-state index contributed by atoms with van der Waals surface area (Å²) in [6.45, 7) is 2.13. The molecule has 2 rings (SSSR count). The molecule has 0 spiro atoms. The van der Waals surface area contributed by atoms with E-state index in [1.807, 2.05) is 6.07 Å². The molecule has 0 amide bonds. The van der Waals surface area contributed by atoms with Gasteiger partial charge >= 0.3 is 0 Å². The topological polar surface area (TPSA) is 3.24 Å². The molecular formula is C17H26FNS. The number of anilines is 1. The Hall–Kier alpha value is -0.700. The zero-order chi connectivity index (χ0) is 14.2. The Morgan fingerprint density at radius 2 is 1.70 bits per heavy atom. The minimum atomic E-state index is -0.111. The van der Waals surface area contributed by atoms with Gasteiger partial charge in [-0.2, -0.15) is 12.6 Å². The van der Waals surface area contributed by atoms with Gasteiger partial charge in [0.2, 0.25) is 0 Å². The van der Waals surface area contributed by atoms with E-state index >= 15 is 0 Å². The molecule has 1 aliphatic heterocycles. The van der Waals surface area contributed by atoms with E-state index in [1.165, 1.54) is 50.5 Å². The summed E-state index contributed by atoms with van der Waals surface area (Å²) < 4.78 is 13.3. The lowest BCUT2D eigenvalue weighted by molar-refractivity contribution is 0.586. The summed E-state index contributed by atoms with van der Waals surface area (Å²) in [6.07, 6.45) is 10.2. The number of nitrogens with zero attached hydrogens (tertiary/aromatic N) is 1. The van der Waals surface area contributed by atoms with Crippen molar-refractivity contribution in [3.05, 3.63) is 29.6 Å². The predicted octanol–water partition coefficient (Wildman–Crippen LogP) is 4.85. The standard InChI is InChI=1S/C17H26FNS/c18-16-9-8-15-10-12-19(17(15)14-16)11-6-4-2-1-3-5-7-13-20/h8-9,14,20H,1-7,10-13H2. The number of thiol groups is 1. The molecule has 1 nitrogen and oxygen atoms in total. The Labute approximate surface area is 128 Å². The molecule has 0 atom stereocenters. The van der Waals surface area contributed by atoms with Crippen LogP contribution in [0.3, 0.4) is 0 Å². The Balaban J connectivity index is 1.61. The van der Waals surface area contributed by atoms with E-state index < -0.39 is 0 Å². The lowest BCUT2D eigenvalue weighted by Crippen LogP contribution is -2.21. The normalized spacial score (nSPS) is 13.8. The van der Waals surface area contributed by atoms with Gasteiger partial charge in [-0.25, -0.2) is 4.39 Å². The predicted molar refractivity (Wildman–Crippen MR) is 88.5 cm³/mol. The fourth-order valence-electron chi connectivity index (χ4n) is 2.95. The average molecular weight is 295 g/mol. The Morgan fingerprint density at radius 1 is 1.00 bits per heavy atom. The van der Waals surface area contributed by atoms with Gasteiger partial charge in [-0.15, -0.1) is 0 Å². The number of hydrogen-bond donors (Lipinski definition) is 1. The highest BCUT2D eigenvalue weighted by molar-refractivity contribution is 7.80. The van der Waals surface area contributed by atoms with Crippen molar-refractivity contribution in [3.63, 3.8) is 0 Å². The third kappa shape index (κ3) is 4.69. The summed E-state index contributed by atoms with van der Waals surface area (Å²) in [5, 5.41) is 0. The molecule has 0 unspecified atom stereocenters. The Kier molecular flexibility index (Phi) is 6.71. The van der Waals surface area contributed by atoms with Crippen molar-refractivity contribution in [2.75, 3.05) is 23.7 Å². The van der Waals surface area contributed by atoms with Crippen LogP contribution in [0.25, 0.3) is 0 Å². The van der Waals surface area contributed by atoms with Gasteiger partial charge in [-0.3, -0.25) is 0 Å². The largest absolute Gasteiger partial charge is 0.371 e. The van der Waals surface area contributed by atoms with E-state index in [-0.39, 0.29) is 5.82 Å². The summed E-state index contributed by atoms with van der Waals surface area (Å²) >= 11 is 4.23. The SMILES string of the molecule is Fc1ccc2c(c1)N(CCCCCCCCCS)CC2. The van der Waals surface area contributed by atoms with Crippen molar-refractivity contribution >= 4 is 18.3 Å². The lowest BCUT2D eigenvalue weighted by atomic mass is 10.1. The summed E-state index contributed by atoms with van der Waals surface area (Å²) in [5.74, 6) is 0.908. The number of unbranched alkanes of at least 4 members (excludes halogenated alkanes) is 6. The average Bonchev–Trinajstić information content (AvgIpc) is 2.84. The molecule has 0 fully saturated rings. The van der Waals surface area contributed by atoms with E-state index in [1.54, 1.807) is 12.1 Å². The number of halogens is 1. The molecule has 1 heterocycles. The quantitative estimate of drug-likeness (QED) is 0.503. The second-order valence-electron chi connectivity index (χ2n) is 5.71. The number of hydrogen-bond acceptors (Lipinski definition) is 2. The Morgan fingerprint density at radius 3 is 2.45 bits per heavy atom. The molecule has 1 aromatic carbocycles. The van der Waals surface area contributed by atoms with Gasteiger partial charge < -0.3 is 4.90 Å². The molecule has 112 valence electrons. The molecule has 0 saturated heterocycles. The molecule has 0 saturated carbocycles. The highest BCUT2D eigenvalue weighted by Gasteiger charge is 2.18. The lowest BCUT2D eigenvalue weighted by Gasteiger charge is -2.19. The highest BCUT2D eigenvalue weighted by Crippen LogP contribution is 2.28. The maximum atomic E-state index is 13.3. The molecular weight excluding hydrogens is 269 g/mol. The molecule has 20 heavy (non-hydrogen) atoms. The van der Waals surface area contributed by atoms with Crippen molar-refractivity contribution in [2.45, 2.75) is 51.4 Å². The van der Waals surface area contributed by atoms with Gasteiger partial charge in [0, 0.05) is 18.8 Å². The molecule has 0 radical (unpaired) electrons. The monoisotopic (exact) mass is 295 g/mol. The van der Waals surface area contributed by atoms with Crippen molar-refractivity contribution in [3.8, 4) is 0 Å². The third-order valence-electron chi connectivity index (χ3n) is 4.13. The van der Waals surface area contributed by atoms with E-state index in [0.717, 1.165) is 31.0 Å². The van der Waals surface area contributed by atoms with E-state index in [4.69, 9.17) is 0 Å². The molecule has 0 aromatic heterocycles. The van der Waals surface area contributed by atoms with Gasteiger partial charge in [-0.1, -0.05) is 38.2 Å². The fraction of sp³-hybridized carbons (Fsp3) is 0.647. The second-order valence-corrected chi connectivity index (χ2v) is 6.16. The first-order valence-electron chi connectivity index (χ1n) is 7.95. The van der Waals surface area contributed by atoms with Crippen LogP contribution >= 0.6 is 12.6 Å². The Bertz CT molecular complexity index is 408. The summed E-state index contributed by atoms with van der Waals surface area (Å²) in [4.78, 5) is 2.35. The van der Waals surface area contributed by atoms with Crippen LogP contribution in [0.2, 0.25) is 0 Å². The van der Waals surface area contributed by atoms with Crippen LogP contribution in [-0.4, -0.2) is 18.8 Å². The zero-order valence-electron chi connectivity index (χ0n) is 12.3. The number of benzene rings is 1. The molecule has 1 aliphatic rings. The first kappa shape index (κ1) is 15.7. The van der Waals surface area contributed by atoms with Crippen LogP contribution in [0.4, 0.5) is 10.1 Å². The first-order chi connectivity index (χ1) is 9.81. The number of fused-ring (bicyclic) bond motifs is 1. The van der Waals surface area contributed by atoms with E-state index in [0.29, 0.717) is 0 Å². The van der Waals surface area contributed by atoms with Crippen molar-refractivity contribution in [2.24, 2.45) is 0 Å². The van der Waals surface area contributed by atoms with E-state index in [2.05, 4.69) is 17.5 Å². The van der Waals surface area contributed by atoms with Crippen LogP contribution in [0.1, 0.15) is 50.5 Å². The van der Waals surface area contributed by atoms with Crippen molar-refractivity contribution in [1.29, 1.82) is 0 Å². The number of rotatable bonds is 9. The maximum absolute atomic E-state index is 13.3. The summed E-state index contributed by atoms with van der Waals surface area (Å²) in [6, 6.07) is 5.21. The minimum absolute atomic E-state index is 0.111. The van der Waals surface area contributed by atoms with Crippen LogP contribution in [0.5, 0.6) is 0 Å². The van der Waals surface area contributed by atoms with E-state index in [9.17, 15) is 4.39 Å². The molecule has 0 bridgehead atoms. The zero-order valence-corrected chi connectivity index (χ0v) is 13.2. The van der Waals surface area contributed by atoms with Gasteiger partial charge in [-0.05, 0) is 42.7 Å². The van der Waals surface area contributed by atoms with Crippen LogP contribution in [-0.2, 0) is 6.42 Å². The molecule has 0 N–H and O–H groups in total. The minimum Gasteiger partial charge on any atom is -0.371 e. The summed E-state index contributed by atoms with van der Waals surface area (Å²) in [5.41, 5.74) is 2.43. The fourth-order valence-corrected chi connectivity index (χ4v) is 3.17. The third-order valence-corrected chi connectivity index (χ3v) is 4.44. The van der Waals surface area contributed by atoms with Gasteiger partial charge in [0.1, 0.15) is 5.82 Å². The van der Waals surface area contributed by atoms with Gasteiger partial charge in [0.15, 0.2) is 0 Å². The van der Waals surface area contributed by atoms with Gasteiger partial charge in [0.25, 0.3) is 0 Å². The highest BCUT2D eigenvalue weighted by atomic mass is 32.1. The first-order valence-corrected chi connectivity index (χ1v) is 8.59. The second kappa shape index (κ2) is 8.56. The van der Waals surface area contributed by atoms with Crippen LogP contribution < -0.4 is 4.90 Å². The molecule has 3 heteroatoms. The van der Waals surface area contributed by atoms with Crippen molar-refractivity contribution < 1.29 is 4.39 Å². The smallest absolute Gasteiger partial charge is 0.125 e. The van der Waals surface area contributed by atoms with Crippen LogP contribution in [0, 0.1) is 5.82 Å². The van der Waals surface area contributed by atoms with Gasteiger partial charge in [0.05, 0.1) is 0 Å². The maximum Gasteiger partial charge on any atom is 0.125 e. The summed E-state index contributed by atoms with van der Waals surface area (Å²) in [7, 11) is 0. The molecule has 0 aliphatic carbocycles. The van der Waals surface area contributed by atoms with Crippen LogP contribution in [0.15, 0.2) is 18.2 Å².